The molecule has 0 bridgehead atoms. The third kappa shape index (κ3) is 5.93. The molecule has 31 heavy (non-hydrogen) atoms. The van der Waals surface area contributed by atoms with Crippen molar-refractivity contribution in [3.05, 3.63) is 91.0 Å². The van der Waals surface area contributed by atoms with Gasteiger partial charge in [0, 0.05) is 5.22 Å². The molecule has 0 amide bonds. The smallest absolute Gasteiger partial charge is 0.288 e. The molecule has 0 heterocycles. The molecular formula is C26H36O2Si3. The van der Waals surface area contributed by atoms with E-state index in [4.69, 9.17) is 4.43 Å². The maximum absolute atomic E-state index is 10.4. The standard InChI is InChI=1S/C26H36O2Si3/c1-5-26(2,29-21-22-30(3,4)27)28-31(23-15-9-6-10-16-23,24-17-11-7-12-18-24)25-19-13-8-14-20-25/h6-20,27H,5,21-22,29H2,1-4H3. The van der Waals surface area contributed by atoms with Crippen molar-refractivity contribution in [3.63, 3.8) is 0 Å². The lowest BCUT2D eigenvalue weighted by Gasteiger charge is -2.42. The molecular weight excluding hydrogens is 429 g/mol. The molecule has 1 unspecified atom stereocenters. The predicted octanol–water partition coefficient (Wildman–Crippen LogP) is 3.58. The summed E-state index contributed by atoms with van der Waals surface area (Å²) in [5.41, 5.74) is 0. The zero-order valence-corrected chi connectivity index (χ0v) is 22.8. The van der Waals surface area contributed by atoms with Crippen molar-refractivity contribution in [2.75, 3.05) is 0 Å². The van der Waals surface area contributed by atoms with E-state index in [1.54, 1.807) is 0 Å². The van der Waals surface area contributed by atoms with Crippen molar-refractivity contribution >= 4 is 41.7 Å². The van der Waals surface area contributed by atoms with Gasteiger partial charge in [-0.15, -0.1) is 0 Å². The molecule has 0 saturated carbocycles. The lowest BCUT2D eigenvalue weighted by molar-refractivity contribution is 0.168. The number of benzene rings is 3. The molecule has 0 fully saturated rings. The summed E-state index contributed by atoms with van der Waals surface area (Å²) in [5, 5.41) is 3.74. The minimum Gasteiger partial charge on any atom is -0.432 e. The Morgan fingerprint density at radius 1 is 0.774 bits per heavy atom. The van der Waals surface area contributed by atoms with Gasteiger partial charge >= 0.3 is 0 Å². The van der Waals surface area contributed by atoms with Gasteiger partial charge in [0.25, 0.3) is 8.32 Å². The second kappa shape index (κ2) is 10.2. The molecule has 2 nitrogen and oxygen atoms in total. The van der Waals surface area contributed by atoms with Crippen molar-refractivity contribution < 1.29 is 9.22 Å². The molecule has 0 aliphatic heterocycles. The second-order valence-electron chi connectivity index (χ2n) is 9.35. The molecule has 0 spiro atoms. The van der Waals surface area contributed by atoms with Gasteiger partial charge in [0.1, 0.15) is 0 Å². The third-order valence-corrected chi connectivity index (χ3v) is 15.4. The fraction of sp³-hybridized carbons (Fsp3) is 0.308. The average molecular weight is 465 g/mol. The summed E-state index contributed by atoms with van der Waals surface area (Å²) in [6.07, 6.45) is 0.994. The molecule has 0 saturated heterocycles. The molecule has 1 atom stereocenters. The lowest BCUT2D eigenvalue weighted by atomic mass is 10.3. The van der Waals surface area contributed by atoms with Gasteiger partial charge in [-0.3, -0.25) is 0 Å². The topological polar surface area (TPSA) is 29.5 Å². The Labute approximate surface area is 192 Å². The molecule has 0 radical (unpaired) electrons. The summed E-state index contributed by atoms with van der Waals surface area (Å²) >= 11 is 0. The summed E-state index contributed by atoms with van der Waals surface area (Å²) in [6.45, 7) is 8.67. The summed E-state index contributed by atoms with van der Waals surface area (Å²) in [4.78, 5) is 10.4. The number of hydrogen-bond donors (Lipinski definition) is 1. The summed E-state index contributed by atoms with van der Waals surface area (Å²) in [6, 6.07) is 34.6. The minimum absolute atomic E-state index is 0.132. The van der Waals surface area contributed by atoms with Gasteiger partial charge in [-0.2, -0.15) is 0 Å². The zero-order valence-electron chi connectivity index (χ0n) is 19.3. The van der Waals surface area contributed by atoms with Crippen LogP contribution in [-0.4, -0.2) is 36.2 Å². The van der Waals surface area contributed by atoms with Crippen LogP contribution in [0.4, 0.5) is 0 Å². The van der Waals surface area contributed by atoms with Gasteiger partial charge in [-0.25, -0.2) is 0 Å². The molecule has 164 valence electrons. The highest BCUT2D eigenvalue weighted by atomic mass is 28.4. The van der Waals surface area contributed by atoms with Crippen LogP contribution < -0.4 is 15.6 Å². The maximum atomic E-state index is 10.4. The highest BCUT2D eigenvalue weighted by Crippen LogP contribution is 2.24. The summed E-state index contributed by atoms with van der Waals surface area (Å²) in [7, 11) is -5.28. The first-order chi connectivity index (χ1) is 14.8. The van der Waals surface area contributed by atoms with E-state index >= 15 is 0 Å². The Morgan fingerprint density at radius 2 is 1.16 bits per heavy atom. The van der Waals surface area contributed by atoms with Gasteiger partial charge in [0.2, 0.25) is 0 Å². The lowest BCUT2D eigenvalue weighted by Crippen LogP contribution is -2.72. The largest absolute Gasteiger partial charge is 0.432 e. The van der Waals surface area contributed by atoms with E-state index in [2.05, 4.69) is 105 Å². The molecule has 0 aromatic heterocycles. The Bertz CT molecular complexity index is 830. The first-order valence-electron chi connectivity index (χ1n) is 11.4. The van der Waals surface area contributed by atoms with Crippen LogP contribution in [-0.2, 0) is 4.43 Å². The molecule has 5 heteroatoms. The summed E-state index contributed by atoms with van der Waals surface area (Å²) < 4.78 is 7.48. The van der Waals surface area contributed by atoms with Crippen LogP contribution >= 0.6 is 0 Å². The van der Waals surface area contributed by atoms with Crippen LogP contribution in [0.25, 0.3) is 0 Å². The maximum Gasteiger partial charge on any atom is 0.288 e. The van der Waals surface area contributed by atoms with Crippen molar-refractivity contribution in [2.45, 2.75) is 50.7 Å². The molecule has 1 N–H and O–H groups in total. The predicted molar refractivity (Wildman–Crippen MR) is 142 cm³/mol. The van der Waals surface area contributed by atoms with Crippen molar-refractivity contribution in [1.29, 1.82) is 0 Å². The van der Waals surface area contributed by atoms with E-state index in [0.29, 0.717) is 0 Å². The van der Waals surface area contributed by atoms with E-state index in [-0.39, 0.29) is 5.22 Å². The van der Waals surface area contributed by atoms with Crippen molar-refractivity contribution in [1.82, 2.24) is 0 Å². The third-order valence-electron chi connectivity index (χ3n) is 6.18. The van der Waals surface area contributed by atoms with Gasteiger partial charge in [-0.1, -0.05) is 104 Å². The first kappa shape index (κ1) is 23.9. The Morgan fingerprint density at radius 3 is 1.48 bits per heavy atom. The van der Waals surface area contributed by atoms with E-state index in [1.165, 1.54) is 15.6 Å². The molecule has 3 rings (SSSR count). The Kier molecular flexibility index (Phi) is 7.88. The van der Waals surface area contributed by atoms with Gasteiger partial charge < -0.3 is 9.22 Å². The molecule has 3 aromatic carbocycles. The van der Waals surface area contributed by atoms with Crippen LogP contribution in [0.3, 0.4) is 0 Å². The monoisotopic (exact) mass is 464 g/mol. The van der Waals surface area contributed by atoms with Crippen molar-refractivity contribution in [3.8, 4) is 0 Å². The minimum atomic E-state index is -2.69. The Hall–Kier alpha value is -1.77. The summed E-state index contributed by atoms with van der Waals surface area (Å²) in [5.74, 6) is 0. The van der Waals surface area contributed by atoms with E-state index in [0.717, 1.165) is 18.5 Å². The SMILES string of the molecule is CCC(C)(O[Si](c1ccccc1)(c1ccccc1)c1ccccc1)[SiH2]CC[Si](C)(C)O. The van der Waals surface area contributed by atoms with Crippen LogP contribution in [0.5, 0.6) is 0 Å². The van der Waals surface area contributed by atoms with Crippen LogP contribution in [0, 0.1) is 0 Å². The zero-order chi connectivity index (χ0) is 22.4. The van der Waals surface area contributed by atoms with Gasteiger partial charge in [0.05, 0.1) is 9.52 Å². The van der Waals surface area contributed by atoms with E-state index < -0.39 is 26.2 Å². The Balaban J connectivity index is 2.13. The van der Waals surface area contributed by atoms with E-state index in [1.807, 2.05) is 13.1 Å². The highest BCUT2D eigenvalue weighted by molar-refractivity contribution is 7.07. The first-order valence-corrected chi connectivity index (χ1v) is 18.2. The fourth-order valence-corrected chi connectivity index (χ4v) is 14.8. The normalized spacial score (nSPS) is 14.6. The van der Waals surface area contributed by atoms with Crippen LogP contribution in [0.15, 0.2) is 91.0 Å². The van der Waals surface area contributed by atoms with Crippen LogP contribution in [0.1, 0.15) is 20.3 Å². The number of rotatable bonds is 10. The fourth-order valence-electron chi connectivity index (χ4n) is 4.26. The van der Waals surface area contributed by atoms with E-state index in [9.17, 15) is 4.80 Å². The molecule has 0 aliphatic carbocycles. The molecule has 3 aromatic rings. The second-order valence-corrected chi connectivity index (χ2v) is 19.5. The van der Waals surface area contributed by atoms with Gasteiger partial charge in [-0.05, 0) is 48.0 Å². The average Bonchev–Trinajstić information content (AvgIpc) is 2.78. The quantitative estimate of drug-likeness (QED) is 0.367. The molecule has 0 aliphatic rings. The van der Waals surface area contributed by atoms with Crippen molar-refractivity contribution in [2.24, 2.45) is 0 Å². The van der Waals surface area contributed by atoms with Gasteiger partial charge in [0.15, 0.2) is 8.32 Å². The van der Waals surface area contributed by atoms with Crippen LogP contribution in [0.2, 0.25) is 25.2 Å². The number of hydrogen-bond acceptors (Lipinski definition) is 2. The highest BCUT2D eigenvalue weighted by Gasteiger charge is 2.46.